The van der Waals surface area contributed by atoms with Crippen molar-refractivity contribution >= 4 is 23.2 Å². The van der Waals surface area contributed by atoms with E-state index in [0.29, 0.717) is 23.6 Å². The molecular weight excluding hydrogens is 348 g/mol. The molecule has 2 aromatic rings. The number of nitrogens with one attached hydrogen (secondary N) is 2. The summed E-state index contributed by atoms with van der Waals surface area (Å²) in [6.07, 6.45) is 1.78. The summed E-state index contributed by atoms with van der Waals surface area (Å²) < 4.78 is 5.93. The number of ether oxygens (including phenoxy) is 1. The number of aromatic hydroxyl groups is 1. The van der Waals surface area contributed by atoms with Gasteiger partial charge in [-0.05, 0) is 30.5 Å². The monoisotopic (exact) mass is 372 g/mol. The van der Waals surface area contributed by atoms with Gasteiger partial charge in [0, 0.05) is 11.0 Å². The van der Waals surface area contributed by atoms with Gasteiger partial charge in [0.2, 0.25) is 5.78 Å². The van der Waals surface area contributed by atoms with E-state index in [1.807, 2.05) is 17.5 Å². The van der Waals surface area contributed by atoms with Crippen LogP contribution >= 0.6 is 11.3 Å². The topological polar surface area (TPSA) is 55.4 Å². The molecule has 4 rings (SSSR count). The fourth-order valence-electron chi connectivity index (χ4n) is 3.71. The quantitative estimate of drug-likeness (QED) is 0.680. The van der Waals surface area contributed by atoms with E-state index < -0.39 is 0 Å². The van der Waals surface area contributed by atoms with Gasteiger partial charge in [0.1, 0.15) is 38.5 Å². The number of carbonyl (C=O) groups excluding carboxylic acids is 1. The van der Waals surface area contributed by atoms with Gasteiger partial charge in [0.05, 0.1) is 17.7 Å². The van der Waals surface area contributed by atoms with Crippen LogP contribution in [0.1, 0.15) is 27.7 Å². The fourth-order valence-corrected chi connectivity index (χ4v) is 4.35. The number of Topliss-reactive ketones (excluding diaryl/α,β-unsaturated/α-hetero) is 1. The Morgan fingerprint density at radius 2 is 1.96 bits per heavy atom. The average molecular weight is 372 g/mol. The number of phenolic OH excluding ortho intramolecular Hbond substituents is 1. The second kappa shape index (κ2) is 7.23. The molecule has 0 amide bonds. The van der Waals surface area contributed by atoms with Crippen LogP contribution in [0.15, 0.2) is 35.4 Å². The van der Waals surface area contributed by atoms with Gasteiger partial charge in [-0.3, -0.25) is 4.79 Å². The third kappa shape index (κ3) is 3.28. The Bertz CT molecular complexity index is 837. The Balaban J connectivity index is 1.58. The van der Waals surface area contributed by atoms with Crippen molar-refractivity contribution in [2.75, 3.05) is 32.7 Å². The van der Waals surface area contributed by atoms with Crippen LogP contribution in [-0.4, -0.2) is 43.6 Å². The highest BCUT2D eigenvalue weighted by Crippen LogP contribution is 2.39. The molecule has 1 fully saturated rings. The van der Waals surface area contributed by atoms with E-state index in [4.69, 9.17) is 4.74 Å². The first-order valence-electron chi connectivity index (χ1n) is 9.15. The molecule has 0 unspecified atom stereocenters. The van der Waals surface area contributed by atoms with Crippen molar-refractivity contribution in [1.29, 1.82) is 0 Å². The summed E-state index contributed by atoms with van der Waals surface area (Å²) in [5.74, 6) is 0.983. The minimum absolute atomic E-state index is 0.107. The number of phenols is 1. The molecule has 136 valence electrons. The molecule has 2 aliphatic heterocycles. The van der Waals surface area contributed by atoms with E-state index in [-0.39, 0.29) is 11.5 Å². The fraction of sp³-hybridized carbons (Fsp3) is 0.350. The smallest absolute Gasteiger partial charge is 0.232 e. The van der Waals surface area contributed by atoms with Crippen molar-refractivity contribution in [3.63, 3.8) is 0 Å². The summed E-state index contributed by atoms with van der Waals surface area (Å²) in [7, 11) is 0. The predicted octanol–water partition coefficient (Wildman–Crippen LogP) is 0.373. The van der Waals surface area contributed by atoms with Crippen molar-refractivity contribution in [3.8, 4) is 11.5 Å². The lowest BCUT2D eigenvalue weighted by Gasteiger charge is -2.29. The molecule has 26 heavy (non-hydrogen) atoms. The van der Waals surface area contributed by atoms with Crippen LogP contribution in [0.5, 0.6) is 11.5 Å². The highest BCUT2D eigenvalue weighted by Gasteiger charge is 2.33. The van der Waals surface area contributed by atoms with E-state index in [2.05, 4.69) is 6.92 Å². The van der Waals surface area contributed by atoms with Crippen molar-refractivity contribution in [3.05, 3.63) is 51.4 Å². The summed E-state index contributed by atoms with van der Waals surface area (Å²) in [6.45, 7) is 8.49. The molecule has 0 saturated carbocycles. The number of piperazine rings is 1. The van der Waals surface area contributed by atoms with Crippen molar-refractivity contribution in [2.45, 2.75) is 13.5 Å². The molecule has 2 aliphatic rings. The first-order chi connectivity index (χ1) is 12.7. The van der Waals surface area contributed by atoms with Crippen LogP contribution in [0.3, 0.4) is 0 Å². The lowest BCUT2D eigenvalue weighted by Crippen LogP contribution is -3.27. The Hall–Kier alpha value is -2.15. The molecule has 3 heterocycles. The predicted molar refractivity (Wildman–Crippen MR) is 101 cm³/mol. The van der Waals surface area contributed by atoms with Gasteiger partial charge in [-0.2, -0.15) is 0 Å². The van der Waals surface area contributed by atoms with Gasteiger partial charge in [0.25, 0.3) is 0 Å². The van der Waals surface area contributed by atoms with Crippen LogP contribution in [-0.2, 0) is 6.54 Å². The third-order valence-corrected chi connectivity index (χ3v) is 6.14. The zero-order valence-corrected chi connectivity index (χ0v) is 15.7. The van der Waals surface area contributed by atoms with E-state index in [0.717, 1.165) is 43.2 Å². The number of thiophene rings is 1. The molecule has 1 aromatic carbocycles. The number of benzene rings is 1. The molecule has 0 spiro atoms. The number of rotatable bonds is 4. The molecule has 0 bridgehead atoms. The van der Waals surface area contributed by atoms with Crippen molar-refractivity contribution in [1.82, 2.24) is 0 Å². The maximum absolute atomic E-state index is 12.7. The molecule has 5 nitrogen and oxygen atoms in total. The molecule has 1 saturated heterocycles. The summed E-state index contributed by atoms with van der Waals surface area (Å²) in [5, 5.41) is 12.4. The first kappa shape index (κ1) is 17.3. The maximum Gasteiger partial charge on any atom is 0.232 e. The minimum Gasteiger partial charge on any atom is -0.507 e. The molecule has 0 aliphatic carbocycles. The Labute approximate surface area is 157 Å². The summed E-state index contributed by atoms with van der Waals surface area (Å²) >= 11 is 1.56. The van der Waals surface area contributed by atoms with Gasteiger partial charge >= 0.3 is 0 Å². The second-order valence-corrected chi connectivity index (χ2v) is 7.90. The number of quaternary nitrogens is 2. The normalized spacial score (nSPS) is 23.9. The van der Waals surface area contributed by atoms with E-state index >= 15 is 0 Å². The summed E-state index contributed by atoms with van der Waals surface area (Å²) in [6, 6.07) is 7.19. The Morgan fingerprint density at radius 1 is 1.19 bits per heavy atom. The minimum atomic E-state index is -0.107. The zero-order valence-electron chi connectivity index (χ0n) is 14.9. The number of carbonyl (C=O) groups is 1. The van der Waals surface area contributed by atoms with E-state index in [1.165, 1.54) is 4.90 Å². The second-order valence-electron chi connectivity index (χ2n) is 6.93. The molecule has 6 heteroatoms. The summed E-state index contributed by atoms with van der Waals surface area (Å²) in [4.78, 5) is 16.7. The van der Waals surface area contributed by atoms with E-state index in [9.17, 15) is 9.90 Å². The van der Waals surface area contributed by atoms with Crippen molar-refractivity contribution < 1.29 is 24.4 Å². The van der Waals surface area contributed by atoms with Crippen LogP contribution in [0, 0.1) is 0 Å². The van der Waals surface area contributed by atoms with Crippen LogP contribution in [0.4, 0.5) is 0 Å². The van der Waals surface area contributed by atoms with Crippen LogP contribution in [0.25, 0.3) is 6.08 Å². The highest BCUT2D eigenvalue weighted by atomic mass is 32.1. The first-order valence-corrected chi connectivity index (χ1v) is 10.0. The van der Waals surface area contributed by atoms with Gasteiger partial charge in [-0.1, -0.05) is 6.07 Å². The van der Waals surface area contributed by atoms with Crippen LogP contribution in [0.2, 0.25) is 0 Å². The zero-order chi connectivity index (χ0) is 18.1. The van der Waals surface area contributed by atoms with Gasteiger partial charge < -0.3 is 19.6 Å². The standard InChI is InChI=1S/C20H22N2O3S/c1-2-21-7-9-22(10-8-21)13-16-17(23)6-5-15-19(24)18(25-20(15)16)12-14-4-3-11-26-14/h3-6,11-12,23H,2,7-10,13H2,1H3/p+2/b18-12-. The molecular formula is C20H24N2O3S+2. The summed E-state index contributed by atoms with van der Waals surface area (Å²) in [5.41, 5.74) is 1.30. The van der Waals surface area contributed by atoms with Gasteiger partial charge in [-0.15, -0.1) is 11.3 Å². The number of likely N-dealkylation sites (N-methyl/N-ethyl adjacent to an activating group) is 1. The number of ketones is 1. The Kier molecular flexibility index (Phi) is 4.80. The molecule has 1 aromatic heterocycles. The average Bonchev–Trinajstić information content (AvgIpc) is 3.27. The number of allylic oxidation sites excluding steroid dienone is 1. The van der Waals surface area contributed by atoms with Gasteiger partial charge in [0.15, 0.2) is 11.5 Å². The highest BCUT2D eigenvalue weighted by molar-refractivity contribution is 7.10. The molecule has 0 radical (unpaired) electrons. The maximum atomic E-state index is 12.7. The number of fused-ring (bicyclic) bond motifs is 1. The lowest BCUT2D eigenvalue weighted by molar-refractivity contribution is -1.02. The third-order valence-electron chi connectivity index (χ3n) is 5.32. The largest absolute Gasteiger partial charge is 0.507 e. The molecule has 3 N–H and O–H groups in total. The number of hydrogen-bond acceptors (Lipinski definition) is 4. The van der Waals surface area contributed by atoms with Gasteiger partial charge in [-0.25, -0.2) is 0 Å². The van der Waals surface area contributed by atoms with Crippen LogP contribution < -0.4 is 14.5 Å². The van der Waals surface area contributed by atoms with E-state index in [1.54, 1.807) is 34.4 Å². The lowest BCUT2D eigenvalue weighted by atomic mass is 10.0. The molecule has 0 atom stereocenters. The SMILES string of the molecule is CC[NH+]1CC[NH+](Cc2c(O)ccc3c2O/C(=C\c2cccs2)C3=O)CC1. The van der Waals surface area contributed by atoms with Crippen molar-refractivity contribution in [2.24, 2.45) is 0 Å². The number of hydrogen-bond donors (Lipinski definition) is 3. The Morgan fingerprint density at radius 3 is 2.65 bits per heavy atom.